The van der Waals surface area contributed by atoms with Gasteiger partial charge in [0.1, 0.15) is 15.9 Å². The van der Waals surface area contributed by atoms with Crippen LogP contribution >= 0.6 is 0 Å². The Balaban J connectivity index is 1.50. The molecular formula is C38H51O5S-. The van der Waals surface area contributed by atoms with Gasteiger partial charge in [-0.15, -0.1) is 0 Å². The minimum absolute atomic E-state index is 0.102. The second-order valence-electron chi connectivity index (χ2n) is 14.5. The molecule has 0 unspecified atom stereocenters. The number of ether oxygens (including phenoxy) is 1. The van der Waals surface area contributed by atoms with Crippen molar-refractivity contribution in [2.75, 3.05) is 0 Å². The standard InChI is InChI=1S/C38H52O5S/c1-25(2)32-24-35(44(40,41)42)30-20-12-13-21-31(30)37(32)43-38(39)36-33(27-16-8-4-9-17-27)22-29(26-14-6-3-7-15-26)23-34(36)28-18-10-5-11-19-28/h22-28H,3-21H2,1-2H3,(H,40,41,42)/p-1. The predicted octanol–water partition coefficient (Wildman–Crippen LogP) is 9.96. The average Bonchev–Trinajstić information content (AvgIpc) is 3.04. The van der Waals surface area contributed by atoms with Gasteiger partial charge in [0.25, 0.3) is 0 Å². The van der Waals surface area contributed by atoms with Crippen molar-refractivity contribution in [3.63, 3.8) is 0 Å². The summed E-state index contributed by atoms with van der Waals surface area (Å²) < 4.78 is 43.7. The summed E-state index contributed by atoms with van der Waals surface area (Å²) in [5.41, 5.74) is 6.60. The summed E-state index contributed by atoms with van der Waals surface area (Å²) in [5, 5.41) is 0. The predicted molar refractivity (Wildman–Crippen MR) is 174 cm³/mol. The number of carbonyl (C=O) groups is 1. The van der Waals surface area contributed by atoms with Crippen LogP contribution in [0.3, 0.4) is 0 Å². The maximum atomic E-state index is 14.8. The molecule has 4 aliphatic carbocycles. The average molecular weight is 620 g/mol. The highest BCUT2D eigenvalue weighted by molar-refractivity contribution is 7.85. The van der Waals surface area contributed by atoms with E-state index in [0.717, 1.165) is 49.7 Å². The molecule has 3 saturated carbocycles. The van der Waals surface area contributed by atoms with Gasteiger partial charge in [-0.25, -0.2) is 13.2 Å². The van der Waals surface area contributed by atoms with E-state index < -0.39 is 10.1 Å². The number of benzene rings is 2. The van der Waals surface area contributed by atoms with E-state index in [4.69, 9.17) is 4.74 Å². The highest BCUT2D eigenvalue weighted by atomic mass is 32.2. The summed E-state index contributed by atoms with van der Waals surface area (Å²) in [7, 11) is -4.65. The van der Waals surface area contributed by atoms with Gasteiger partial charge >= 0.3 is 5.97 Å². The quantitative estimate of drug-likeness (QED) is 0.175. The molecule has 0 heterocycles. The Morgan fingerprint density at radius 1 is 0.705 bits per heavy atom. The van der Waals surface area contributed by atoms with E-state index >= 15 is 0 Å². The third kappa shape index (κ3) is 6.67. The maximum absolute atomic E-state index is 14.8. The normalized spacial score (nSPS) is 20.9. The molecule has 5 nitrogen and oxygen atoms in total. The van der Waals surface area contributed by atoms with Gasteiger partial charge in [0.2, 0.25) is 0 Å². The van der Waals surface area contributed by atoms with Crippen molar-refractivity contribution in [3.8, 4) is 5.75 Å². The van der Waals surface area contributed by atoms with Crippen LogP contribution in [0.5, 0.6) is 5.75 Å². The SMILES string of the molecule is CC(C)c1cc(S(=O)(=O)[O-])c2c(c1OC(=O)c1c(C3CCCCC3)cc(C3CCCCC3)cc1C1CCCCC1)CCCC2. The smallest absolute Gasteiger partial charge is 0.344 e. The molecule has 3 fully saturated rings. The molecule has 0 aliphatic heterocycles. The molecule has 6 heteroatoms. The van der Waals surface area contributed by atoms with Gasteiger partial charge in [0.05, 0.1) is 10.5 Å². The van der Waals surface area contributed by atoms with Crippen molar-refractivity contribution in [1.29, 1.82) is 0 Å². The lowest BCUT2D eigenvalue weighted by molar-refractivity contribution is 0.0726. The third-order valence-corrected chi connectivity index (χ3v) is 12.2. The molecule has 6 rings (SSSR count). The largest absolute Gasteiger partial charge is 0.744 e. The van der Waals surface area contributed by atoms with Crippen LogP contribution in [-0.2, 0) is 23.0 Å². The summed E-state index contributed by atoms with van der Waals surface area (Å²) >= 11 is 0. The Bertz CT molecular complexity index is 1420. The highest BCUT2D eigenvalue weighted by Crippen LogP contribution is 2.46. The minimum atomic E-state index is -4.65. The highest BCUT2D eigenvalue weighted by Gasteiger charge is 2.33. The molecule has 0 N–H and O–H groups in total. The lowest BCUT2D eigenvalue weighted by Gasteiger charge is -2.32. The third-order valence-electron chi connectivity index (χ3n) is 11.3. The van der Waals surface area contributed by atoms with E-state index in [-0.39, 0.29) is 16.8 Å². The first-order valence-corrected chi connectivity index (χ1v) is 19.2. The number of carbonyl (C=O) groups excluding carboxylic acids is 1. The van der Waals surface area contributed by atoms with Crippen molar-refractivity contribution in [1.82, 2.24) is 0 Å². The molecule has 240 valence electrons. The topological polar surface area (TPSA) is 83.5 Å². The van der Waals surface area contributed by atoms with Gasteiger partial charge < -0.3 is 9.29 Å². The Morgan fingerprint density at radius 3 is 1.66 bits per heavy atom. The number of hydrogen-bond acceptors (Lipinski definition) is 5. The van der Waals surface area contributed by atoms with Crippen LogP contribution in [0.1, 0.15) is 190 Å². The monoisotopic (exact) mass is 619 g/mol. The zero-order valence-electron chi connectivity index (χ0n) is 26.9. The Morgan fingerprint density at radius 2 is 1.18 bits per heavy atom. The summed E-state index contributed by atoms with van der Waals surface area (Å²) in [4.78, 5) is 14.6. The molecule has 0 saturated heterocycles. The molecule has 4 aliphatic rings. The fourth-order valence-corrected chi connectivity index (χ4v) is 9.70. The summed E-state index contributed by atoms with van der Waals surface area (Å²) in [6.07, 6.45) is 20.9. The second kappa shape index (κ2) is 13.7. The molecule has 44 heavy (non-hydrogen) atoms. The summed E-state index contributed by atoms with van der Waals surface area (Å²) in [6.45, 7) is 3.95. The van der Waals surface area contributed by atoms with Crippen molar-refractivity contribution in [2.24, 2.45) is 0 Å². The van der Waals surface area contributed by atoms with Gasteiger partial charge in [0.15, 0.2) is 0 Å². The van der Waals surface area contributed by atoms with Gasteiger partial charge in [0, 0.05) is 0 Å². The van der Waals surface area contributed by atoms with Gasteiger partial charge in [-0.3, -0.25) is 0 Å². The summed E-state index contributed by atoms with van der Waals surface area (Å²) in [5.74, 6) is 1.42. The van der Waals surface area contributed by atoms with Gasteiger partial charge in [-0.05, 0) is 127 Å². The van der Waals surface area contributed by atoms with Gasteiger partial charge in [-0.1, -0.05) is 83.8 Å². The molecule has 0 spiro atoms. The molecule has 2 aromatic rings. The van der Waals surface area contributed by atoms with Crippen LogP contribution in [-0.4, -0.2) is 18.9 Å². The van der Waals surface area contributed by atoms with Crippen molar-refractivity contribution in [2.45, 2.75) is 164 Å². The zero-order chi connectivity index (χ0) is 30.8. The molecule has 2 aromatic carbocycles. The molecule has 0 atom stereocenters. The van der Waals surface area contributed by atoms with Crippen LogP contribution < -0.4 is 4.74 Å². The van der Waals surface area contributed by atoms with Crippen LogP contribution in [0.15, 0.2) is 23.1 Å². The first kappa shape index (κ1) is 31.8. The Hall–Kier alpha value is -2.18. The van der Waals surface area contributed by atoms with E-state index in [2.05, 4.69) is 12.1 Å². The minimum Gasteiger partial charge on any atom is -0.744 e. The Kier molecular flexibility index (Phi) is 9.87. The van der Waals surface area contributed by atoms with Crippen LogP contribution in [0, 0.1) is 0 Å². The zero-order valence-corrected chi connectivity index (χ0v) is 27.7. The molecule has 0 bridgehead atoms. The first-order valence-electron chi connectivity index (χ1n) is 17.8. The number of fused-ring (bicyclic) bond motifs is 1. The lowest BCUT2D eigenvalue weighted by Crippen LogP contribution is -2.23. The molecule has 0 amide bonds. The van der Waals surface area contributed by atoms with E-state index in [0.29, 0.717) is 47.5 Å². The second-order valence-corrected chi connectivity index (χ2v) is 15.9. The summed E-state index contributed by atoms with van der Waals surface area (Å²) in [6, 6.07) is 6.32. The van der Waals surface area contributed by atoms with E-state index in [9.17, 15) is 17.8 Å². The van der Waals surface area contributed by atoms with Crippen molar-refractivity contribution in [3.05, 3.63) is 57.1 Å². The van der Waals surface area contributed by atoms with Crippen LogP contribution in [0.25, 0.3) is 0 Å². The van der Waals surface area contributed by atoms with E-state index in [1.54, 1.807) is 0 Å². The van der Waals surface area contributed by atoms with Gasteiger partial charge in [-0.2, -0.15) is 0 Å². The first-order chi connectivity index (χ1) is 21.2. The Labute approximate surface area is 265 Å². The molecule has 0 radical (unpaired) electrons. The molecular weight excluding hydrogens is 568 g/mol. The van der Waals surface area contributed by atoms with Crippen molar-refractivity contribution < 1.29 is 22.5 Å². The lowest BCUT2D eigenvalue weighted by atomic mass is 9.73. The van der Waals surface area contributed by atoms with E-state index in [1.165, 1.54) is 93.4 Å². The number of rotatable bonds is 7. The van der Waals surface area contributed by atoms with E-state index in [1.807, 2.05) is 13.8 Å². The van der Waals surface area contributed by atoms with Crippen LogP contribution in [0.2, 0.25) is 0 Å². The number of hydrogen-bond donors (Lipinski definition) is 0. The van der Waals surface area contributed by atoms with Crippen molar-refractivity contribution >= 4 is 16.1 Å². The molecule has 0 aromatic heterocycles. The maximum Gasteiger partial charge on any atom is 0.344 e. The fourth-order valence-electron chi connectivity index (χ4n) is 8.90. The number of esters is 1. The van der Waals surface area contributed by atoms with Crippen LogP contribution in [0.4, 0.5) is 0 Å². The fraction of sp³-hybridized carbons (Fsp3) is 0.658.